The second-order valence-electron chi connectivity index (χ2n) is 4.63. The van der Waals surface area contributed by atoms with Crippen molar-refractivity contribution in [1.82, 2.24) is 4.98 Å². The molecular formula is C14H17NOS. The van der Waals surface area contributed by atoms with Crippen molar-refractivity contribution >= 4 is 23.2 Å². The fourth-order valence-corrected chi connectivity index (χ4v) is 2.62. The molecule has 0 radical (unpaired) electrons. The van der Waals surface area contributed by atoms with E-state index in [0.29, 0.717) is 12.3 Å². The maximum Gasteiger partial charge on any atom is 0.158 e. The van der Waals surface area contributed by atoms with Gasteiger partial charge in [-0.15, -0.1) is 11.3 Å². The zero-order valence-electron chi connectivity index (χ0n) is 10.5. The standard InChI is InChI=1S/C14H17NOS/c1-9-4-5-12(7-14(9)16)10(2)6-13-8-17-11(3)15-13/h4,6,8,12H,5,7H2,1-3H3/b10-6+/t12-/m1/s1. The lowest BCUT2D eigenvalue weighted by Gasteiger charge is -2.20. The van der Waals surface area contributed by atoms with Crippen LogP contribution in [0.3, 0.4) is 0 Å². The molecule has 0 unspecified atom stereocenters. The molecule has 90 valence electrons. The van der Waals surface area contributed by atoms with Crippen molar-refractivity contribution < 1.29 is 4.79 Å². The second kappa shape index (κ2) is 4.96. The summed E-state index contributed by atoms with van der Waals surface area (Å²) in [4.78, 5) is 16.1. The zero-order chi connectivity index (χ0) is 12.4. The van der Waals surface area contributed by atoms with Crippen LogP contribution < -0.4 is 0 Å². The molecule has 0 spiro atoms. The van der Waals surface area contributed by atoms with Crippen molar-refractivity contribution in [3.8, 4) is 0 Å². The molecule has 1 aromatic heterocycles. The lowest BCUT2D eigenvalue weighted by molar-refractivity contribution is -0.116. The van der Waals surface area contributed by atoms with E-state index in [1.165, 1.54) is 5.57 Å². The molecule has 1 aromatic rings. The van der Waals surface area contributed by atoms with Gasteiger partial charge in [-0.2, -0.15) is 0 Å². The van der Waals surface area contributed by atoms with Gasteiger partial charge in [0.2, 0.25) is 0 Å². The van der Waals surface area contributed by atoms with E-state index in [2.05, 4.69) is 29.4 Å². The Balaban J connectivity index is 2.13. The van der Waals surface area contributed by atoms with Crippen molar-refractivity contribution in [1.29, 1.82) is 0 Å². The number of allylic oxidation sites excluding steroid dienone is 3. The van der Waals surface area contributed by atoms with Crippen LogP contribution in [-0.2, 0) is 4.79 Å². The predicted octanol–water partition coefficient (Wildman–Crippen LogP) is 3.78. The normalized spacial score (nSPS) is 21.6. The van der Waals surface area contributed by atoms with Crippen molar-refractivity contribution in [2.45, 2.75) is 33.6 Å². The number of thiazole rings is 1. The maximum atomic E-state index is 11.7. The largest absolute Gasteiger partial charge is 0.295 e. The first kappa shape index (κ1) is 12.2. The van der Waals surface area contributed by atoms with E-state index in [-0.39, 0.29) is 5.78 Å². The number of ketones is 1. The highest BCUT2D eigenvalue weighted by molar-refractivity contribution is 7.09. The molecule has 0 amide bonds. The molecule has 0 bridgehead atoms. The summed E-state index contributed by atoms with van der Waals surface area (Å²) in [6.45, 7) is 6.01. The van der Waals surface area contributed by atoms with Gasteiger partial charge in [-0.3, -0.25) is 4.79 Å². The van der Waals surface area contributed by atoms with Crippen LogP contribution in [0.2, 0.25) is 0 Å². The SMILES string of the molecule is CC1=CC[C@@H](/C(C)=C/c2csc(C)n2)CC1=O. The van der Waals surface area contributed by atoms with Gasteiger partial charge in [-0.1, -0.05) is 11.6 Å². The molecule has 3 heteroatoms. The number of carbonyl (C=O) groups excluding carboxylic acids is 1. The Kier molecular flexibility index (Phi) is 3.57. The zero-order valence-corrected chi connectivity index (χ0v) is 11.3. The highest BCUT2D eigenvalue weighted by Crippen LogP contribution is 2.28. The second-order valence-corrected chi connectivity index (χ2v) is 5.69. The number of Topliss-reactive ketones (excluding diaryl/α,β-unsaturated/α-hetero) is 1. The van der Waals surface area contributed by atoms with Gasteiger partial charge >= 0.3 is 0 Å². The molecule has 0 N–H and O–H groups in total. The highest BCUT2D eigenvalue weighted by Gasteiger charge is 2.20. The van der Waals surface area contributed by atoms with E-state index in [0.717, 1.165) is 22.7 Å². The van der Waals surface area contributed by atoms with Crippen LogP contribution in [0.5, 0.6) is 0 Å². The highest BCUT2D eigenvalue weighted by atomic mass is 32.1. The Labute approximate surface area is 106 Å². The van der Waals surface area contributed by atoms with Crippen LogP contribution in [-0.4, -0.2) is 10.8 Å². The Hall–Kier alpha value is -1.22. The molecule has 1 atom stereocenters. The van der Waals surface area contributed by atoms with E-state index in [4.69, 9.17) is 0 Å². The number of aromatic nitrogens is 1. The molecule has 0 fully saturated rings. The van der Waals surface area contributed by atoms with Crippen molar-refractivity contribution in [2.75, 3.05) is 0 Å². The van der Waals surface area contributed by atoms with Gasteiger partial charge in [-0.25, -0.2) is 4.98 Å². The summed E-state index contributed by atoms with van der Waals surface area (Å²) >= 11 is 1.66. The van der Waals surface area contributed by atoms with Gasteiger partial charge in [0.15, 0.2) is 5.78 Å². The van der Waals surface area contributed by atoms with Crippen LogP contribution in [0, 0.1) is 12.8 Å². The fraction of sp³-hybridized carbons (Fsp3) is 0.429. The maximum absolute atomic E-state index is 11.7. The molecule has 17 heavy (non-hydrogen) atoms. The number of carbonyl (C=O) groups is 1. The van der Waals surface area contributed by atoms with Crippen LogP contribution in [0.4, 0.5) is 0 Å². The number of rotatable bonds is 2. The predicted molar refractivity (Wildman–Crippen MR) is 72.0 cm³/mol. The lowest BCUT2D eigenvalue weighted by Crippen LogP contribution is -2.15. The summed E-state index contributed by atoms with van der Waals surface area (Å²) in [5.41, 5.74) is 3.19. The van der Waals surface area contributed by atoms with Gasteiger partial charge < -0.3 is 0 Å². The first-order valence-corrected chi connectivity index (χ1v) is 6.74. The van der Waals surface area contributed by atoms with Gasteiger partial charge in [0.05, 0.1) is 10.7 Å². The van der Waals surface area contributed by atoms with Crippen LogP contribution in [0.25, 0.3) is 6.08 Å². The molecule has 2 rings (SSSR count). The van der Waals surface area contributed by atoms with E-state index in [9.17, 15) is 4.79 Å². The quantitative estimate of drug-likeness (QED) is 0.796. The van der Waals surface area contributed by atoms with E-state index in [1.807, 2.05) is 13.8 Å². The van der Waals surface area contributed by atoms with Crippen molar-refractivity contribution in [3.63, 3.8) is 0 Å². The summed E-state index contributed by atoms with van der Waals surface area (Å²) < 4.78 is 0. The summed E-state index contributed by atoms with van der Waals surface area (Å²) in [5.74, 6) is 0.636. The van der Waals surface area contributed by atoms with Gasteiger partial charge in [-0.05, 0) is 44.8 Å². The minimum Gasteiger partial charge on any atom is -0.295 e. The minimum atomic E-state index is 0.281. The van der Waals surface area contributed by atoms with Crippen LogP contribution >= 0.6 is 11.3 Å². The molecule has 1 heterocycles. The molecule has 0 aromatic carbocycles. The van der Waals surface area contributed by atoms with Gasteiger partial charge in [0, 0.05) is 11.8 Å². The monoisotopic (exact) mass is 247 g/mol. The lowest BCUT2D eigenvalue weighted by atomic mass is 9.84. The number of nitrogens with zero attached hydrogens (tertiary/aromatic N) is 1. The van der Waals surface area contributed by atoms with E-state index >= 15 is 0 Å². The Morgan fingerprint density at radius 3 is 2.88 bits per heavy atom. The third kappa shape index (κ3) is 2.91. The van der Waals surface area contributed by atoms with Crippen LogP contribution in [0.1, 0.15) is 37.4 Å². The molecule has 0 saturated heterocycles. The minimum absolute atomic E-state index is 0.281. The van der Waals surface area contributed by atoms with E-state index in [1.54, 1.807) is 11.3 Å². The van der Waals surface area contributed by atoms with Crippen LogP contribution in [0.15, 0.2) is 22.6 Å². The Morgan fingerprint density at radius 2 is 2.29 bits per heavy atom. The van der Waals surface area contributed by atoms with Crippen molar-refractivity contribution in [3.05, 3.63) is 33.3 Å². The molecule has 2 nitrogen and oxygen atoms in total. The van der Waals surface area contributed by atoms with E-state index < -0.39 is 0 Å². The smallest absolute Gasteiger partial charge is 0.158 e. The molecule has 1 aliphatic rings. The fourth-order valence-electron chi connectivity index (χ4n) is 2.05. The molecule has 0 saturated carbocycles. The number of hydrogen-bond acceptors (Lipinski definition) is 3. The third-order valence-electron chi connectivity index (χ3n) is 3.24. The Bertz CT molecular complexity index is 496. The first-order valence-electron chi connectivity index (χ1n) is 5.86. The Morgan fingerprint density at radius 1 is 1.53 bits per heavy atom. The molecule has 0 aliphatic heterocycles. The summed E-state index contributed by atoms with van der Waals surface area (Å²) in [6.07, 6.45) is 5.78. The van der Waals surface area contributed by atoms with Gasteiger partial charge in [0.1, 0.15) is 0 Å². The number of aryl methyl sites for hydroxylation is 1. The van der Waals surface area contributed by atoms with Gasteiger partial charge in [0.25, 0.3) is 0 Å². The topological polar surface area (TPSA) is 30.0 Å². The summed E-state index contributed by atoms with van der Waals surface area (Å²) in [5, 5.41) is 3.14. The molecular weight excluding hydrogens is 230 g/mol. The first-order chi connectivity index (χ1) is 8.06. The average Bonchev–Trinajstić information content (AvgIpc) is 2.68. The summed E-state index contributed by atoms with van der Waals surface area (Å²) in [7, 11) is 0. The van der Waals surface area contributed by atoms with Crippen molar-refractivity contribution in [2.24, 2.45) is 5.92 Å². The molecule has 1 aliphatic carbocycles. The third-order valence-corrected chi connectivity index (χ3v) is 4.03. The average molecular weight is 247 g/mol. The summed E-state index contributed by atoms with van der Waals surface area (Å²) in [6, 6.07) is 0. The number of hydrogen-bond donors (Lipinski definition) is 0.